The van der Waals surface area contributed by atoms with Gasteiger partial charge >= 0.3 is 6.36 Å². The van der Waals surface area contributed by atoms with E-state index in [1.807, 2.05) is 24.3 Å². The van der Waals surface area contributed by atoms with E-state index in [-0.39, 0.29) is 18.1 Å². The second-order valence-corrected chi connectivity index (χ2v) is 8.03. The van der Waals surface area contributed by atoms with Crippen LogP contribution in [0.15, 0.2) is 54.9 Å². The number of aryl methyl sites for hydroxylation is 1. The molecule has 174 valence electrons. The van der Waals surface area contributed by atoms with Crippen LogP contribution in [0.5, 0.6) is 5.75 Å². The van der Waals surface area contributed by atoms with E-state index in [0.29, 0.717) is 11.5 Å². The highest BCUT2D eigenvalue weighted by Gasteiger charge is 2.31. The first-order chi connectivity index (χ1) is 16.3. The number of nitrogen functional groups attached to an aromatic ring is 1. The Hall–Kier alpha value is -4.08. The number of hydrogen-bond acceptors (Lipinski definition) is 5. The molecule has 3 N–H and O–H groups in total. The van der Waals surface area contributed by atoms with Gasteiger partial charge in [0.05, 0.1) is 11.9 Å². The summed E-state index contributed by atoms with van der Waals surface area (Å²) in [6.07, 6.45) is -0.218. The van der Waals surface area contributed by atoms with Crippen LogP contribution in [0.1, 0.15) is 23.2 Å². The summed E-state index contributed by atoms with van der Waals surface area (Å²) in [6, 6.07) is 12.6. The number of nitrogens with one attached hydrogen (secondary N) is 1. The minimum Gasteiger partial charge on any atom is -0.406 e. The maximum Gasteiger partial charge on any atom is 0.573 e. The van der Waals surface area contributed by atoms with Gasteiger partial charge in [-0.15, -0.1) is 13.2 Å². The van der Waals surface area contributed by atoms with Crippen molar-refractivity contribution < 1.29 is 22.7 Å². The molecule has 0 unspecified atom stereocenters. The molecule has 0 spiro atoms. The summed E-state index contributed by atoms with van der Waals surface area (Å²) in [5.74, 6) is -0.215. The molecule has 1 amide bonds. The third-order valence-corrected chi connectivity index (χ3v) is 5.75. The van der Waals surface area contributed by atoms with E-state index in [0.717, 1.165) is 53.7 Å². The second-order valence-electron chi connectivity index (χ2n) is 8.03. The van der Waals surface area contributed by atoms with Gasteiger partial charge in [-0.3, -0.25) is 4.79 Å². The van der Waals surface area contributed by atoms with E-state index >= 15 is 0 Å². The monoisotopic (exact) mass is 467 g/mol. The van der Waals surface area contributed by atoms with Crippen molar-refractivity contribution >= 4 is 28.4 Å². The number of rotatable bonds is 5. The first-order valence-corrected chi connectivity index (χ1v) is 10.7. The number of halogens is 3. The maximum atomic E-state index is 12.4. The number of nitrogens with zero attached hydrogens (tertiary/aromatic N) is 3. The van der Waals surface area contributed by atoms with E-state index in [2.05, 4.69) is 24.6 Å². The fourth-order valence-corrected chi connectivity index (χ4v) is 4.38. The Labute approximate surface area is 192 Å². The van der Waals surface area contributed by atoms with Crippen LogP contribution in [-0.4, -0.2) is 26.8 Å². The van der Waals surface area contributed by atoms with Gasteiger partial charge in [0.25, 0.3) is 0 Å². The predicted molar refractivity (Wildman–Crippen MR) is 121 cm³/mol. The maximum absolute atomic E-state index is 12.4. The van der Waals surface area contributed by atoms with Gasteiger partial charge < -0.3 is 20.4 Å². The van der Waals surface area contributed by atoms with Crippen molar-refractivity contribution in [2.75, 3.05) is 11.1 Å². The minimum absolute atomic E-state index is 0.108. The van der Waals surface area contributed by atoms with Crippen molar-refractivity contribution in [2.45, 2.75) is 32.0 Å². The molecular formula is C24H20F3N5O2. The van der Waals surface area contributed by atoms with E-state index < -0.39 is 6.36 Å². The lowest BCUT2D eigenvalue weighted by Crippen LogP contribution is -2.17. The van der Waals surface area contributed by atoms with Gasteiger partial charge in [-0.05, 0) is 66.8 Å². The van der Waals surface area contributed by atoms with Crippen molar-refractivity contribution in [1.29, 1.82) is 0 Å². The topological polar surface area (TPSA) is 95.1 Å². The van der Waals surface area contributed by atoms with Crippen molar-refractivity contribution in [2.24, 2.45) is 0 Å². The quantitative estimate of drug-likeness (QED) is 0.448. The number of fused-ring (bicyclic) bond motifs is 3. The smallest absolute Gasteiger partial charge is 0.406 e. The number of carbonyl (C=O) groups is 1. The Morgan fingerprint density at radius 1 is 1.06 bits per heavy atom. The lowest BCUT2D eigenvalue weighted by molar-refractivity contribution is -0.274. The van der Waals surface area contributed by atoms with E-state index in [9.17, 15) is 18.0 Å². The van der Waals surface area contributed by atoms with Gasteiger partial charge in [0.15, 0.2) is 5.82 Å². The van der Waals surface area contributed by atoms with Gasteiger partial charge in [-0.1, -0.05) is 12.1 Å². The number of aromatic nitrogens is 3. The number of carbonyl (C=O) groups excluding carboxylic acids is 1. The molecule has 2 aromatic heterocycles. The molecule has 2 heterocycles. The summed E-state index contributed by atoms with van der Waals surface area (Å²) in [7, 11) is 0. The largest absolute Gasteiger partial charge is 0.573 e. The molecule has 0 aliphatic heterocycles. The highest BCUT2D eigenvalue weighted by Crippen LogP contribution is 2.36. The van der Waals surface area contributed by atoms with Crippen molar-refractivity contribution in [1.82, 2.24) is 14.5 Å². The normalized spacial score (nSPS) is 13.1. The zero-order valence-electron chi connectivity index (χ0n) is 17.9. The number of hydrogen-bond donors (Lipinski definition) is 2. The van der Waals surface area contributed by atoms with Crippen LogP contribution < -0.4 is 15.8 Å². The molecule has 1 aliphatic carbocycles. The highest BCUT2D eigenvalue weighted by molar-refractivity contribution is 5.93. The van der Waals surface area contributed by atoms with Gasteiger partial charge in [0, 0.05) is 17.1 Å². The molecule has 0 atom stereocenters. The second kappa shape index (κ2) is 8.36. The molecule has 0 radical (unpaired) electrons. The molecule has 5 rings (SSSR count). The SMILES string of the molecule is Nc1ncnc2c3c(n(-c4ccc(CC(=O)Nc5ccc(OC(F)(F)F)cc5)cc4)c12)CCC3. The van der Waals surface area contributed by atoms with Gasteiger partial charge in [0.2, 0.25) is 5.91 Å². The number of ether oxygens (including phenoxy) is 1. The van der Waals surface area contributed by atoms with Crippen LogP contribution in [0, 0.1) is 0 Å². The third kappa shape index (κ3) is 4.26. The summed E-state index contributed by atoms with van der Waals surface area (Å²) >= 11 is 0. The first kappa shape index (κ1) is 21.7. The van der Waals surface area contributed by atoms with Gasteiger partial charge in [0.1, 0.15) is 17.6 Å². The number of benzene rings is 2. The van der Waals surface area contributed by atoms with Crippen molar-refractivity contribution in [3.8, 4) is 11.4 Å². The number of anilines is 2. The molecule has 2 aromatic carbocycles. The molecule has 0 fully saturated rings. The molecular weight excluding hydrogens is 447 g/mol. The molecule has 34 heavy (non-hydrogen) atoms. The Morgan fingerprint density at radius 2 is 1.79 bits per heavy atom. The zero-order valence-corrected chi connectivity index (χ0v) is 17.9. The fourth-order valence-electron chi connectivity index (χ4n) is 4.38. The summed E-state index contributed by atoms with van der Waals surface area (Å²) in [6.45, 7) is 0. The fraction of sp³-hybridized carbons (Fsp3) is 0.208. The van der Waals surface area contributed by atoms with Crippen LogP contribution >= 0.6 is 0 Å². The average Bonchev–Trinajstić information content (AvgIpc) is 3.37. The van der Waals surface area contributed by atoms with Crippen LogP contribution in [-0.2, 0) is 24.1 Å². The van der Waals surface area contributed by atoms with E-state index in [1.165, 1.54) is 29.7 Å². The molecule has 0 saturated heterocycles. The minimum atomic E-state index is -4.76. The first-order valence-electron chi connectivity index (χ1n) is 10.7. The lowest BCUT2D eigenvalue weighted by Gasteiger charge is -2.12. The van der Waals surface area contributed by atoms with Crippen molar-refractivity contribution in [3.63, 3.8) is 0 Å². The summed E-state index contributed by atoms with van der Waals surface area (Å²) in [4.78, 5) is 21.0. The number of nitrogens with two attached hydrogens (primary N) is 1. The Morgan fingerprint density at radius 3 is 2.50 bits per heavy atom. The van der Waals surface area contributed by atoms with E-state index in [1.54, 1.807) is 0 Å². The average molecular weight is 467 g/mol. The lowest BCUT2D eigenvalue weighted by atomic mass is 10.1. The predicted octanol–water partition coefficient (Wildman–Crippen LogP) is 4.57. The summed E-state index contributed by atoms with van der Waals surface area (Å²) in [5.41, 5.74) is 12.3. The van der Waals surface area contributed by atoms with Crippen LogP contribution in [0.4, 0.5) is 24.7 Å². The van der Waals surface area contributed by atoms with Gasteiger partial charge in [-0.25, -0.2) is 9.97 Å². The molecule has 0 saturated carbocycles. The molecule has 4 aromatic rings. The van der Waals surface area contributed by atoms with Crippen molar-refractivity contribution in [3.05, 3.63) is 71.7 Å². The Kier molecular flexibility index (Phi) is 5.35. The standard InChI is InChI=1S/C24H20F3N5O2/c25-24(26,27)34-17-10-6-15(7-11-17)31-20(33)12-14-4-8-16(9-5-14)32-19-3-1-2-18(19)21-22(32)23(28)30-13-29-21/h4-11,13H,1-3,12H2,(H,31,33)(H2,28,29,30). The molecule has 1 aliphatic rings. The zero-order chi connectivity index (χ0) is 23.9. The Balaban J connectivity index is 1.31. The molecule has 10 heteroatoms. The van der Waals surface area contributed by atoms with E-state index in [4.69, 9.17) is 5.73 Å². The number of alkyl halides is 3. The molecule has 7 nitrogen and oxygen atoms in total. The van der Waals surface area contributed by atoms with Crippen LogP contribution in [0.3, 0.4) is 0 Å². The third-order valence-electron chi connectivity index (χ3n) is 5.75. The van der Waals surface area contributed by atoms with Crippen LogP contribution in [0.2, 0.25) is 0 Å². The number of amides is 1. The summed E-state index contributed by atoms with van der Waals surface area (Å²) in [5, 5.41) is 2.67. The highest BCUT2D eigenvalue weighted by atomic mass is 19.4. The summed E-state index contributed by atoms with van der Waals surface area (Å²) < 4.78 is 42.7. The Bertz CT molecular complexity index is 1360. The van der Waals surface area contributed by atoms with Gasteiger partial charge in [-0.2, -0.15) is 0 Å². The van der Waals surface area contributed by atoms with Crippen LogP contribution in [0.25, 0.3) is 16.7 Å². The molecule has 0 bridgehead atoms.